The summed E-state index contributed by atoms with van der Waals surface area (Å²) in [5.41, 5.74) is 1.84. The van der Waals surface area contributed by atoms with Gasteiger partial charge in [0.2, 0.25) is 5.91 Å². The molecule has 7 heteroatoms. The van der Waals surface area contributed by atoms with Crippen molar-refractivity contribution in [2.24, 2.45) is 5.16 Å². The predicted octanol–water partition coefficient (Wildman–Crippen LogP) is 4.30. The highest BCUT2D eigenvalue weighted by Gasteiger charge is 2.28. The monoisotopic (exact) mass is 402 g/mol. The lowest BCUT2D eigenvalue weighted by molar-refractivity contribution is -0.133. The zero-order valence-corrected chi connectivity index (χ0v) is 16.5. The molecule has 0 aromatic heterocycles. The quantitative estimate of drug-likeness (QED) is 0.662. The van der Waals surface area contributed by atoms with Crippen LogP contribution in [-0.2, 0) is 16.2 Å². The molecule has 1 amide bonds. The number of nitrogens with zero attached hydrogens (tertiary/aromatic N) is 2. The number of oxime groups is 1. The fourth-order valence-corrected chi connectivity index (χ4v) is 3.30. The number of hydrogen-bond donors (Lipinski definition) is 0. The molecular weight excluding hydrogens is 378 g/mol. The summed E-state index contributed by atoms with van der Waals surface area (Å²) >= 11 is 0. The Kier molecular flexibility index (Phi) is 6.80. The van der Waals surface area contributed by atoms with Crippen molar-refractivity contribution in [2.75, 3.05) is 13.7 Å². The number of hydrogen-bond acceptors (Lipinski definition) is 4. The average Bonchev–Trinajstić information content (AvgIpc) is 3.18. The molecule has 154 valence electrons. The third-order valence-corrected chi connectivity index (χ3v) is 4.77. The molecule has 0 saturated carbocycles. The van der Waals surface area contributed by atoms with Crippen molar-refractivity contribution in [1.82, 2.24) is 4.90 Å². The molecule has 2 aromatic carbocycles. The first-order valence-corrected chi connectivity index (χ1v) is 9.59. The Labute approximate surface area is 168 Å². The van der Waals surface area contributed by atoms with Crippen LogP contribution in [0.3, 0.4) is 0 Å². The van der Waals surface area contributed by atoms with E-state index in [-0.39, 0.29) is 30.7 Å². The third kappa shape index (κ3) is 5.10. The van der Waals surface area contributed by atoms with Crippen LogP contribution in [0.5, 0.6) is 5.75 Å². The molecule has 5 nitrogen and oxygen atoms in total. The number of amides is 1. The summed E-state index contributed by atoms with van der Waals surface area (Å²) < 4.78 is 32.7. The van der Waals surface area contributed by atoms with Gasteiger partial charge in [-0.2, -0.15) is 0 Å². The Morgan fingerprint density at radius 2 is 2.07 bits per heavy atom. The van der Waals surface area contributed by atoms with Crippen LogP contribution in [0.25, 0.3) is 0 Å². The standard InChI is InChI=1S/C22H24F2N2O3/c1-3-6-22(27)26(13-15-9-10-16(23)11-19(15)24)14-17-12-20(25-29-17)18-7-4-5-8-21(18)28-2/h4-5,7-11,17H,3,6,12-14H2,1-2H3/t17-/m1/s1. The van der Waals surface area contributed by atoms with Crippen molar-refractivity contribution in [2.45, 2.75) is 38.8 Å². The molecule has 0 saturated heterocycles. The van der Waals surface area contributed by atoms with E-state index in [4.69, 9.17) is 9.57 Å². The predicted molar refractivity (Wildman–Crippen MR) is 106 cm³/mol. The van der Waals surface area contributed by atoms with Crippen LogP contribution < -0.4 is 4.74 Å². The van der Waals surface area contributed by atoms with Crippen LogP contribution in [0.4, 0.5) is 8.78 Å². The minimum atomic E-state index is -0.669. The van der Waals surface area contributed by atoms with Crippen LogP contribution in [0.2, 0.25) is 0 Å². The van der Waals surface area contributed by atoms with E-state index in [1.165, 1.54) is 12.1 Å². The van der Waals surface area contributed by atoms with Crippen molar-refractivity contribution in [3.05, 3.63) is 65.2 Å². The van der Waals surface area contributed by atoms with Crippen molar-refractivity contribution >= 4 is 11.6 Å². The van der Waals surface area contributed by atoms with E-state index >= 15 is 0 Å². The number of carbonyl (C=O) groups excluding carboxylic acids is 1. The lowest BCUT2D eigenvalue weighted by atomic mass is 10.0. The molecule has 2 aromatic rings. The van der Waals surface area contributed by atoms with E-state index in [0.717, 1.165) is 17.3 Å². The van der Waals surface area contributed by atoms with Crippen LogP contribution in [0, 0.1) is 11.6 Å². The minimum absolute atomic E-state index is 0.0504. The number of rotatable bonds is 8. The molecular formula is C22H24F2N2O3. The Hall–Kier alpha value is -2.96. The summed E-state index contributed by atoms with van der Waals surface area (Å²) in [5.74, 6) is -0.724. The van der Waals surface area contributed by atoms with Gasteiger partial charge in [-0.15, -0.1) is 0 Å². The van der Waals surface area contributed by atoms with Crippen molar-refractivity contribution < 1.29 is 23.1 Å². The summed E-state index contributed by atoms with van der Waals surface area (Å²) in [7, 11) is 1.59. The Morgan fingerprint density at radius 3 is 2.79 bits per heavy atom. The summed E-state index contributed by atoms with van der Waals surface area (Å²) in [5, 5.41) is 4.17. The van der Waals surface area contributed by atoms with Gasteiger partial charge in [-0.1, -0.05) is 30.3 Å². The van der Waals surface area contributed by atoms with Gasteiger partial charge in [0, 0.05) is 36.6 Å². The van der Waals surface area contributed by atoms with Gasteiger partial charge in [0.25, 0.3) is 0 Å². The molecule has 0 fully saturated rings. The maximum Gasteiger partial charge on any atom is 0.222 e. The number of methoxy groups -OCH3 is 1. The van der Waals surface area contributed by atoms with Crippen LogP contribution in [0.1, 0.15) is 37.3 Å². The number of halogens is 2. The first-order valence-electron chi connectivity index (χ1n) is 9.59. The summed E-state index contributed by atoms with van der Waals surface area (Å²) in [6.45, 7) is 2.22. The molecule has 1 heterocycles. The molecule has 0 unspecified atom stereocenters. The fourth-order valence-electron chi connectivity index (χ4n) is 3.30. The minimum Gasteiger partial charge on any atom is -0.496 e. The normalized spacial score (nSPS) is 15.6. The van der Waals surface area contributed by atoms with Gasteiger partial charge < -0.3 is 14.5 Å². The van der Waals surface area contributed by atoms with E-state index in [1.54, 1.807) is 12.0 Å². The molecule has 0 spiro atoms. The zero-order chi connectivity index (χ0) is 20.8. The SMILES string of the molecule is CCCC(=O)N(Cc1ccc(F)cc1F)C[C@H]1CC(c2ccccc2OC)=NO1. The summed E-state index contributed by atoms with van der Waals surface area (Å²) in [6, 6.07) is 10.9. The Morgan fingerprint density at radius 1 is 1.28 bits per heavy atom. The smallest absolute Gasteiger partial charge is 0.222 e. The van der Waals surface area contributed by atoms with Gasteiger partial charge >= 0.3 is 0 Å². The average molecular weight is 402 g/mol. The van der Waals surface area contributed by atoms with Gasteiger partial charge in [-0.05, 0) is 24.6 Å². The van der Waals surface area contributed by atoms with E-state index < -0.39 is 11.6 Å². The van der Waals surface area contributed by atoms with Gasteiger partial charge in [-0.25, -0.2) is 8.78 Å². The third-order valence-electron chi connectivity index (χ3n) is 4.77. The van der Waals surface area contributed by atoms with Gasteiger partial charge in [0.1, 0.15) is 17.4 Å². The number of ether oxygens (including phenoxy) is 1. The number of benzene rings is 2. The second-order valence-corrected chi connectivity index (χ2v) is 6.93. The lowest BCUT2D eigenvalue weighted by Crippen LogP contribution is -2.37. The maximum absolute atomic E-state index is 14.1. The number of para-hydroxylation sites is 1. The Balaban J connectivity index is 1.71. The van der Waals surface area contributed by atoms with E-state index in [0.29, 0.717) is 25.0 Å². The van der Waals surface area contributed by atoms with Crippen LogP contribution in [0.15, 0.2) is 47.6 Å². The van der Waals surface area contributed by atoms with Crippen molar-refractivity contribution in [1.29, 1.82) is 0 Å². The molecule has 1 aliphatic heterocycles. The molecule has 1 aliphatic rings. The molecule has 0 N–H and O–H groups in total. The van der Waals surface area contributed by atoms with Crippen LogP contribution in [-0.4, -0.2) is 36.3 Å². The van der Waals surface area contributed by atoms with Gasteiger partial charge in [0.05, 0.1) is 19.4 Å². The van der Waals surface area contributed by atoms with Crippen molar-refractivity contribution in [3.63, 3.8) is 0 Å². The fraction of sp³-hybridized carbons (Fsp3) is 0.364. The van der Waals surface area contributed by atoms with E-state index in [2.05, 4.69) is 5.16 Å². The highest BCUT2D eigenvalue weighted by atomic mass is 19.1. The topological polar surface area (TPSA) is 51.1 Å². The molecule has 0 radical (unpaired) electrons. The summed E-state index contributed by atoms with van der Waals surface area (Å²) in [6.07, 6.45) is 1.17. The summed E-state index contributed by atoms with van der Waals surface area (Å²) in [4.78, 5) is 19.7. The second kappa shape index (κ2) is 9.49. The molecule has 3 rings (SSSR count). The van der Waals surface area contributed by atoms with Crippen LogP contribution >= 0.6 is 0 Å². The first kappa shape index (κ1) is 20.8. The molecule has 0 bridgehead atoms. The molecule has 1 atom stereocenters. The Bertz CT molecular complexity index is 901. The highest BCUT2D eigenvalue weighted by molar-refractivity contribution is 6.03. The van der Waals surface area contributed by atoms with Gasteiger partial charge in [-0.3, -0.25) is 4.79 Å². The van der Waals surface area contributed by atoms with Crippen molar-refractivity contribution in [3.8, 4) is 5.75 Å². The molecule has 29 heavy (non-hydrogen) atoms. The largest absolute Gasteiger partial charge is 0.496 e. The van der Waals surface area contributed by atoms with Gasteiger partial charge in [0.15, 0.2) is 6.10 Å². The second-order valence-electron chi connectivity index (χ2n) is 6.93. The lowest BCUT2D eigenvalue weighted by Gasteiger charge is -2.25. The zero-order valence-electron chi connectivity index (χ0n) is 16.5. The maximum atomic E-state index is 14.1. The number of carbonyl (C=O) groups is 1. The first-order chi connectivity index (χ1) is 14.0. The van der Waals surface area contributed by atoms with E-state index in [9.17, 15) is 13.6 Å². The van der Waals surface area contributed by atoms with E-state index in [1.807, 2.05) is 31.2 Å². The highest BCUT2D eigenvalue weighted by Crippen LogP contribution is 2.25. The molecule has 0 aliphatic carbocycles.